The van der Waals surface area contributed by atoms with Crippen LogP contribution in [0.3, 0.4) is 0 Å². The summed E-state index contributed by atoms with van der Waals surface area (Å²) in [5.41, 5.74) is 6.82. The van der Waals surface area contributed by atoms with Crippen LogP contribution in [-0.2, 0) is 0 Å². The van der Waals surface area contributed by atoms with Crippen molar-refractivity contribution in [1.29, 1.82) is 0 Å². The summed E-state index contributed by atoms with van der Waals surface area (Å²) in [4.78, 5) is 0. The lowest BCUT2D eigenvalue weighted by molar-refractivity contribution is 0.345. The minimum atomic E-state index is 0.0368. The summed E-state index contributed by atoms with van der Waals surface area (Å²) in [7, 11) is 4.86. The smallest absolute Gasteiger partial charge is 0.164 e. The highest BCUT2D eigenvalue weighted by Gasteiger charge is 2.18. The third-order valence-corrected chi connectivity index (χ3v) is 2.99. The Morgan fingerprint density at radius 3 is 2.11 bits per heavy atom. The van der Waals surface area contributed by atoms with Gasteiger partial charge in [0.15, 0.2) is 11.5 Å². The van der Waals surface area contributed by atoms with Crippen molar-refractivity contribution in [1.82, 2.24) is 5.32 Å². The molecule has 0 saturated carbocycles. The number of benzene rings is 1. The molecule has 1 aromatic rings. The zero-order valence-electron chi connectivity index (χ0n) is 12.2. The Hall–Kier alpha value is -1.46. The molecule has 0 saturated heterocycles. The molecule has 0 aliphatic carbocycles. The number of nitrogens with two attached hydrogens (primary N) is 1. The van der Waals surface area contributed by atoms with Crippen molar-refractivity contribution in [2.45, 2.75) is 19.4 Å². The molecule has 0 heterocycles. The monoisotopic (exact) mass is 268 g/mol. The van der Waals surface area contributed by atoms with E-state index in [1.54, 1.807) is 21.3 Å². The highest BCUT2D eigenvalue weighted by Crippen LogP contribution is 2.37. The van der Waals surface area contributed by atoms with Crippen LogP contribution in [0.4, 0.5) is 0 Å². The van der Waals surface area contributed by atoms with Crippen LogP contribution in [0.5, 0.6) is 17.2 Å². The van der Waals surface area contributed by atoms with Crippen LogP contribution in [0, 0.1) is 0 Å². The summed E-state index contributed by atoms with van der Waals surface area (Å²) in [6.07, 6.45) is 1.05. The van der Waals surface area contributed by atoms with E-state index >= 15 is 0 Å². The number of ether oxygens (including phenoxy) is 3. The molecule has 0 bridgehead atoms. The zero-order valence-corrected chi connectivity index (χ0v) is 12.2. The fraction of sp³-hybridized carbons (Fsp3) is 0.571. The molecule has 0 spiro atoms. The zero-order chi connectivity index (χ0) is 14.3. The van der Waals surface area contributed by atoms with E-state index in [1.807, 2.05) is 12.1 Å². The van der Waals surface area contributed by atoms with Gasteiger partial charge in [0.2, 0.25) is 0 Å². The van der Waals surface area contributed by atoms with Crippen molar-refractivity contribution < 1.29 is 14.2 Å². The van der Waals surface area contributed by atoms with Crippen LogP contribution in [0.1, 0.15) is 24.9 Å². The average molecular weight is 268 g/mol. The molecule has 5 nitrogen and oxygen atoms in total. The Kier molecular flexibility index (Phi) is 6.45. The molecule has 19 heavy (non-hydrogen) atoms. The summed E-state index contributed by atoms with van der Waals surface area (Å²) in [6.45, 7) is 3.51. The minimum absolute atomic E-state index is 0.0368. The summed E-state index contributed by atoms with van der Waals surface area (Å²) in [5.74, 6) is 2.07. The van der Waals surface area contributed by atoms with Gasteiger partial charge in [-0.25, -0.2) is 0 Å². The summed E-state index contributed by atoms with van der Waals surface area (Å²) >= 11 is 0. The molecule has 0 fully saturated rings. The largest absolute Gasteiger partial charge is 0.496 e. The Morgan fingerprint density at radius 1 is 1.05 bits per heavy atom. The van der Waals surface area contributed by atoms with Gasteiger partial charge in [-0.1, -0.05) is 6.92 Å². The first-order valence-corrected chi connectivity index (χ1v) is 6.45. The van der Waals surface area contributed by atoms with E-state index in [1.165, 1.54) is 0 Å². The molecule has 0 aliphatic heterocycles. The predicted octanol–water partition coefficient (Wildman–Crippen LogP) is 1.71. The predicted molar refractivity (Wildman–Crippen MR) is 76.2 cm³/mol. The number of rotatable bonds is 8. The SMILES string of the molecule is CCCNC(CN)c1cc(OC)c(OC)cc1OC. The molecule has 108 valence electrons. The fourth-order valence-electron chi connectivity index (χ4n) is 1.96. The minimum Gasteiger partial charge on any atom is -0.496 e. The molecule has 0 amide bonds. The number of nitrogens with one attached hydrogen (secondary N) is 1. The topological polar surface area (TPSA) is 65.7 Å². The van der Waals surface area contributed by atoms with Crippen LogP contribution in [0.15, 0.2) is 12.1 Å². The van der Waals surface area contributed by atoms with E-state index in [0.717, 1.165) is 24.3 Å². The van der Waals surface area contributed by atoms with Gasteiger partial charge < -0.3 is 25.3 Å². The molecule has 1 unspecified atom stereocenters. The first-order valence-electron chi connectivity index (χ1n) is 6.45. The lowest BCUT2D eigenvalue weighted by Gasteiger charge is -2.21. The number of hydrogen-bond acceptors (Lipinski definition) is 5. The Balaban J connectivity index is 3.15. The third kappa shape index (κ3) is 3.75. The number of hydrogen-bond donors (Lipinski definition) is 2. The van der Waals surface area contributed by atoms with Crippen LogP contribution >= 0.6 is 0 Å². The molecule has 5 heteroatoms. The Bertz CT molecular complexity index is 397. The van der Waals surface area contributed by atoms with Crippen LogP contribution in [0.25, 0.3) is 0 Å². The van der Waals surface area contributed by atoms with Gasteiger partial charge in [-0.15, -0.1) is 0 Å². The van der Waals surface area contributed by atoms with Gasteiger partial charge in [0.25, 0.3) is 0 Å². The van der Waals surface area contributed by atoms with E-state index in [0.29, 0.717) is 18.0 Å². The van der Waals surface area contributed by atoms with E-state index in [9.17, 15) is 0 Å². The van der Waals surface area contributed by atoms with Crippen LogP contribution < -0.4 is 25.3 Å². The van der Waals surface area contributed by atoms with E-state index < -0.39 is 0 Å². The van der Waals surface area contributed by atoms with Gasteiger partial charge in [-0.3, -0.25) is 0 Å². The lowest BCUT2D eigenvalue weighted by Crippen LogP contribution is -2.29. The maximum absolute atomic E-state index is 5.84. The van der Waals surface area contributed by atoms with E-state index in [-0.39, 0.29) is 6.04 Å². The molecule has 0 aliphatic rings. The van der Waals surface area contributed by atoms with Crippen molar-refractivity contribution in [3.63, 3.8) is 0 Å². The molecular weight excluding hydrogens is 244 g/mol. The molecular formula is C14H24N2O3. The highest BCUT2D eigenvalue weighted by molar-refractivity contribution is 5.52. The summed E-state index contributed by atoms with van der Waals surface area (Å²) < 4.78 is 16.0. The quantitative estimate of drug-likeness (QED) is 0.751. The van der Waals surface area contributed by atoms with Gasteiger partial charge in [0, 0.05) is 24.2 Å². The van der Waals surface area contributed by atoms with Crippen molar-refractivity contribution >= 4 is 0 Å². The standard InChI is InChI=1S/C14H24N2O3/c1-5-6-16-11(9-15)10-7-13(18-3)14(19-4)8-12(10)17-2/h7-8,11,16H,5-6,9,15H2,1-4H3. The van der Waals surface area contributed by atoms with Crippen molar-refractivity contribution in [2.24, 2.45) is 5.73 Å². The first kappa shape index (κ1) is 15.6. The first-order chi connectivity index (χ1) is 9.21. The fourth-order valence-corrected chi connectivity index (χ4v) is 1.96. The second-order valence-corrected chi connectivity index (χ2v) is 4.19. The average Bonchev–Trinajstić information content (AvgIpc) is 2.47. The lowest BCUT2D eigenvalue weighted by atomic mass is 10.0. The molecule has 3 N–H and O–H groups in total. The van der Waals surface area contributed by atoms with Crippen molar-refractivity contribution in [3.8, 4) is 17.2 Å². The maximum Gasteiger partial charge on any atom is 0.164 e. The molecule has 1 rings (SSSR count). The Morgan fingerprint density at radius 2 is 1.63 bits per heavy atom. The molecule has 1 aromatic carbocycles. The Labute approximate surface area is 115 Å². The molecule has 0 aromatic heterocycles. The summed E-state index contributed by atoms with van der Waals surface area (Å²) in [5, 5.41) is 3.40. The van der Waals surface area contributed by atoms with Crippen LogP contribution in [0.2, 0.25) is 0 Å². The van der Waals surface area contributed by atoms with Gasteiger partial charge in [-0.2, -0.15) is 0 Å². The third-order valence-electron chi connectivity index (χ3n) is 2.99. The molecule has 1 atom stereocenters. The summed E-state index contributed by atoms with van der Waals surface area (Å²) in [6, 6.07) is 3.78. The van der Waals surface area contributed by atoms with Crippen molar-refractivity contribution in [2.75, 3.05) is 34.4 Å². The second kappa shape index (κ2) is 7.86. The van der Waals surface area contributed by atoms with E-state index in [2.05, 4.69) is 12.2 Å². The number of methoxy groups -OCH3 is 3. The van der Waals surface area contributed by atoms with E-state index in [4.69, 9.17) is 19.9 Å². The van der Waals surface area contributed by atoms with Crippen LogP contribution in [-0.4, -0.2) is 34.4 Å². The highest BCUT2D eigenvalue weighted by atomic mass is 16.5. The maximum atomic E-state index is 5.84. The van der Waals surface area contributed by atoms with Crippen molar-refractivity contribution in [3.05, 3.63) is 17.7 Å². The van der Waals surface area contributed by atoms with Gasteiger partial charge in [0.05, 0.1) is 21.3 Å². The van der Waals surface area contributed by atoms with Gasteiger partial charge in [0.1, 0.15) is 5.75 Å². The second-order valence-electron chi connectivity index (χ2n) is 4.19. The molecule has 0 radical (unpaired) electrons. The normalized spacial score (nSPS) is 12.1. The van der Waals surface area contributed by atoms with Gasteiger partial charge >= 0.3 is 0 Å². The van der Waals surface area contributed by atoms with Gasteiger partial charge in [-0.05, 0) is 19.0 Å².